The van der Waals surface area contributed by atoms with E-state index in [1.54, 1.807) is 0 Å². The molecule has 5 nitrogen and oxygen atoms in total. The zero-order valence-corrected chi connectivity index (χ0v) is 9.87. The highest BCUT2D eigenvalue weighted by Crippen LogP contribution is 2.57. The van der Waals surface area contributed by atoms with E-state index in [0.717, 1.165) is 0 Å². The number of rotatable bonds is 8. The summed E-state index contributed by atoms with van der Waals surface area (Å²) in [5.41, 5.74) is 0. The largest absolute Gasteiger partial charge is 0.572 e. The minimum Gasteiger partial charge on any atom is -0.307 e. The average molecular weight is 228 g/mol. The Balaban J connectivity index is 3.79. The van der Waals surface area contributed by atoms with Crippen LogP contribution in [0.4, 0.5) is 0 Å². The molecular weight excluding hydrogens is 209 g/mol. The molecule has 0 heterocycles. The maximum atomic E-state index is 9.64. The summed E-state index contributed by atoms with van der Waals surface area (Å²) >= 11 is 0. The average Bonchev–Trinajstić information content (AvgIpc) is 2.14. The van der Waals surface area contributed by atoms with Crippen molar-refractivity contribution >= 4 is 8.17 Å². The molecule has 0 saturated carbocycles. The zero-order chi connectivity index (χ0) is 11.0. The molecule has 0 fully saturated rings. The van der Waals surface area contributed by atoms with Crippen LogP contribution < -0.4 is 0 Å². The zero-order valence-electron chi connectivity index (χ0n) is 8.97. The third kappa shape index (κ3) is 6.43. The first-order valence-corrected chi connectivity index (χ1v) is 5.76. The quantitative estimate of drug-likeness (QED) is 0.497. The molecule has 1 unspecified atom stereocenters. The minimum atomic E-state index is -3.12. The molecule has 0 aliphatic carbocycles. The van der Waals surface area contributed by atoms with Gasteiger partial charge in [0.1, 0.15) is 13.2 Å². The van der Waals surface area contributed by atoms with E-state index in [9.17, 15) is 4.89 Å². The van der Waals surface area contributed by atoms with Gasteiger partial charge in [0.05, 0.1) is 7.11 Å². The molecule has 1 N–H and O–H groups in total. The van der Waals surface area contributed by atoms with Gasteiger partial charge in [-0.1, -0.05) is 6.08 Å². The third-order valence-electron chi connectivity index (χ3n) is 1.38. The van der Waals surface area contributed by atoms with Gasteiger partial charge in [0.25, 0.3) is 0 Å². The van der Waals surface area contributed by atoms with Crippen molar-refractivity contribution in [1.82, 2.24) is 4.90 Å². The predicted molar refractivity (Wildman–Crippen MR) is 56.8 cm³/mol. The summed E-state index contributed by atoms with van der Waals surface area (Å²) in [7, 11) is 2.06. The Labute approximate surface area is 85.9 Å². The summed E-state index contributed by atoms with van der Waals surface area (Å²) in [5, 5.41) is 0. The Kier molecular flexibility index (Phi) is 7.27. The van der Waals surface area contributed by atoms with Crippen LogP contribution in [0.25, 0.3) is 0 Å². The van der Waals surface area contributed by atoms with Gasteiger partial charge >= 0.3 is 8.17 Å². The number of hydrogen-bond acceptors (Lipinski definition) is 5. The minimum absolute atomic E-state index is 0.208. The Bertz CT molecular complexity index is 167. The highest BCUT2D eigenvalue weighted by molar-refractivity contribution is 7.55. The molecule has 84 valence electrons. The van der Waals surface area contributed by atoms with E-state index in [-0.39, 0.29) is 6.61 Å². The standard InChI is InChI=1S/C8H19NO4P/c1-5-7-12-14(10,11-4)13-8-6-9(2)3/h5,10H,1,6-8H2,2-4H3/q+1/i10+1,11+1,12+1,13+1. The summed E-state index contributed by atoms with van der Waals surface area (Å²) in [6.07, 6.45) is 1.53. The lowest BCUT2D eigenvalue weighted by atomic mass is 10.7. The molecule has 6 heteroatoms. The summed E-state index contributed by atoms with van der Waals surface area (Å²) in [4.78, 5) is 11.6. The summed E-state index contributed by atoms with van der Waals surface area (Å²) in [5.74, 6) is 0. The van der Waals surface area contributed by atoms with Crippen LogP contribution in [0.3, 0.4) is 0 Å². The first-order valence-electron chi connectivity index (χ1n) is 4.26. The second kappa shape index (κ2) is 7.29. The molecule has 1 atom stereocenters. The van der Waals surface area contributed by atoms with Crippen molar-refractivity contribution in [3.05, 3.63) is 12.7 Å². The molecular formula is C8H19NO4P+. The molecule has 0 spiro atoms. The first kappa shape index (κ1) is 14.0. The highest BCUT2D eigenvalue weighted by Gasteiger charge is 2.42. The van der Waals surface area contributed by atoms with Crippen LogP contribution in [-0.2, 0) is 13.6 Å². The van der Waals surface area contributed by atoms with E-state index in [1.165, 1.54) is 13.2 Å². The molecule has 0 aliphatic heterocycles. The van der Waals surface area contributed by atoms with Gasteiger partial charge in [-0.15, -0.1) is 11.1 Å². The van der Waals surface area contributed by atoms with Gasteiger partial charge in [-0.3, -0.25) is 0 Å². The Hall–Kier alpha value is -0.0300. The van der Waals surface area contributed by atoms with Crippen molar-refractivity contribution in [2.75, 3.05) is 41.0 Å². The van der Waals surface area contributed by atoms with Crippen molar-refractivity contribution in [2.45, 2.75) is 0 Å². The van der Waals surface area contributed by atoms with Crippen LogP contribution in [0.15, 0.2) is 12.7 Å². The molecule has 0 amide bonds. The molecule has 0 aromatic carbocycles. The van der Waals surface area contributed by atoms with Crippen molar-refractivity contribution in [3.63, 3.8) is 0 Å². The van der Waals surface area contributed by atoms with Crippen LogP contribution >= 0.6 is 8.17 Å². The van der Waals surface area contributed by atoms with Gasteiger partial charge in [-0.2, -0.15) is 13.9 Å². The van der Waals surface area contributed by atoms with Crippen LogP contribution in [-0.4, -0.2) is 50.8 Å². The van der Waals surface area contributed by atoms with Crippen molar-refractivity contribution < 1.29 is 18.5 Å². The van der Waals surface area contributed by atoms with Gasteiger partial charge in [0.15, 0.2) is 0 Å². The van der Waals surface area contributed by atoms with Crippen LogP contribution in [0.2, 0.25) is 0 Å². The molecule has 0 aromatic heterocycles. The SMILES string of the molecule is C=CC[17O][P+]([17OH])([17O]C)[17O]CCN(C)C. The molecule has 0 radical (unpaired) electrons. The van der Waals surface area contributed by atoms with E-state index in [2.05, 4.69) is 6.58 Å². The van der Waals surface area contributed by atoms with E-state index in [4.69, 9.17) is 13.6 Å². The van der Waals surface area contributed by atoms with Crippen LogP contribution in [0.5, 0.6) is 0 Å². The molecule has 0 aliphatic rings. The maximum Gasteiger partial charge on any atom is 0.572 e. The molecule has 0 rings (SSSR count). The number of hydrogen-bond donors (Lipinski definition) is 1. The van der Waals surface area contributed by atoms with E-state index in [0.29, 0.717) is 13.2 Å². The Morgan fingerprint density at radius 2 is 2.07 bits per heavy atom. The number of nitrogens with zero attached hydrogens (tertiary/aromatic N) is 1. The topological polar surface area (TPSA) is 51.2 Å². The van der Waals surface area contributed by atoms with Crippen molar-refractivity contribution in [3.8, 4) is 0 Å². The van der Waals surface area contributed by atoms with Gasteiger partial charge in [-0.05, 0) is 14.1 Å². The van der Waals surface area contributed by atoms with E-state index in [1.807, 2.05) is 19.0 Å². The van der Waals surface area contributed by atoms with Gasteiger partial charge in [0, 0.05) is 6.54 Å². The maximum absolute atomic E-state index is 9.64. The molecule has 0 bridgehead atoms. The van der Waals surface area contributed by atoms with E-state index < -0.39 is 8.17 Å². The van der Waals surface area contributed by atoms with Crippen molar-refractivity contribution in [1.29, 1.82) is 0 Å². The lowest BCUT2D eigenvalue weighted by Crippen LogP contribution is -2.19. The molecule has 0 saturated heterocycles. The molecule has 0 aromatic rings. The fourth-order valence-corrected chi connectivity index (χ4v) is 1.52. The van der Waals surface area contributed by atoms with Crippen LogP contribution in [0.1, 0.15) is 0 Å². The lowest BCUT2D eigenvalue weighted by Gasteiger charge is -2.13. The summed E-state index contributed by atoms with van der Waals surface area (Å²) in [6, 6.07) is 0. The summed E-state index contributed by atoms with van der Waals surface area (Å²) < 4.78 is 14.9. The highest BCUT2D eigenvalue weighted by atomic mass is 31.3. The van der Waals surface area contributed by atoms with Gasteiger partial charge < -0.3 is 4.90 Å². The third-order valence-corrected chi connectivity index (χ3v) is 2.82. The van der Waals surface area contributed by atoms with Crippen molar-refractivity contribution in [2.24, 2.45) is 0 Å². The van der Waals surface area contributed by atoms with Gasteiger partial charge in [-0.25, -0.2) is 0 Å². The van der Waals surface area contributed by atoms with E-state index >= 15 is 0 Å². The second-order valence-corrected chi connectivity index (χ2v) is 4.69. The van der Waals surface area contributed by atoms with Gasteiger partial charge in [0.2, 0.25) is 0 Å². The Morgan fingerprint density at radius 3 is 2.50 bits per heavy atom. The first-order chi connectivity index (χ1) is 6.54. The number of likely N-dealkylation sites (N-methyl/N-ethyl adjacent to an activating group) is 1. The Morgan fingerprint density at radius 1 is 1.43 bits per heavy atom. The molecule has 14 heavy (non-hydrogen) atoms. The smallest absolute Gasteiger partial charge is 0.307 e. The lowest BCUT2D eigenvalue weighted by molar-refractivity contribution is 0.101. The van der Waals surface area contributed by atoms with Crippen LogP contribution in [0, 0.1) is 0 Å². The predicted octanol–water partition coefficient (Wildman–Crippen LogP) is 1.08. The fraction of sp³-hybridized carbons (Fsp3) is 0.750. The fourth-order valence-electron chi connectivity index (χ4n) is 0.628. The normalized spacial score (nSPS) is 15.5. The monoisotopic (exact) mass is 228 g/mol. The second-order valence-electron chi connectivity index (χ2n) is 2.87. The summed E-state index contributed by atoms with van der Waals surface area (Å²) in [6.45, 7) is 4.74.